The van der Waals surface area contributed by atoms with E-state index in [-0.39, 0.29) is 11.7 Å². The van der Waals surface area contributed by atoms with Crippen molar-refractivity contribution < 1.29 is 24.5 Å². The van der Waals surface area contributed by atoms with Gasteiger partial charge in [-0.25, -0.2) is 0 Å². The molecule has 1 aliphatic rings. The second-order valence-corrected chi connectivity index (χ2v) is 7.64. The Balaban J connectivity index is 2.20. The largest absolute Gasteiger partial charge is 0.508 e. The third kappa shape index (κ3) is 4.13. The monoisotopic (exact) mass is 403 g/mol. The molecule has 7 heteroatoms. The highest BCUT2D eigenvalue weighted by Crippen LogP contribution is 2.42. The van der Waals surface area contributed by atoms with Crippen LogP contribution in [0.3, 0.4) is 0 Å². The highest BCUT2D eigenvalue weighted by Gasteiger charge is 2.38. The van der Waals surface area contributed by atoms with E-state index in [2.05, 4.69) is 0 Å². The number of rotatable bonds is 5. The fraction of sp³-hybridized carbons (Fsp3) is 0.333. The number of phenols is 1. The van der Waals surface area contributed by atoms with Gasteiger partial charge in [-0.1, -0.05) is 43.6 Å². The molecule has 0 aliphatic carbocycles. The van der Waals surface area contributed by atoms with Crippen LogP contribution in [0.1, 0.15) is 37.5 Å². The minimum Gasteiger partial charge on any atom is -0.508 e. The Hall–Kier alpha value is -2.57. The number of amides is 1. The molecule has 148 valence electrons. The molecule has 0 saturated heterocycles. The van der Waals surface area contributed by atoms with Gasteiger partial charge in [0.2, 0.25) is 0 Å². The number of ether oxygens (including phenoxy) is 1. The first-order valence-corrected chi connectivity index (χ1v) is 9.41. The number of hydrogen-bond acceptors (Lipinski definition) is 4. The van der Waals surface area contributed by atoms with Crippen LogP contribution >= 0.6 is 11.6 Å². The quantitative estimate of drug-likeness (QED) is 0.787. The molecule has 0 radical (unpaired) electrons. The predicted octanol–water partition coefficient (Wildman–Crippen LogP) is 4.00. The number of halogens is 1. The van der Waals surface area contributed by atoms with Gasteiger partial charge >= 0.3 is 5.97 Å². The number of carbonyl (C=O) groups excluding carboxylic acids is 1. The second kappa shape index (κ2) is 8.20. The van der Waals surface area contributed by atoms with E-state index in [0.29, 0.717) is 28.4 Å². The molecule has 1 heterocycles. The van der Waals surface area contributed by atoms with Gasteiger partial charge in [0, 0.05) is 28.4 Å². The Bertz CT molecular complexity index is 898. The molecule has 0 unspecified atom stereocenters. The summed E-state index contributed by atoms with van der Waals surface area (Å²) in [5.74, 6) is -1.41. The van der Waals surface area contributed by atoms with Crippen molar-refractivity contribution in [3.63, 3.8) is 0 Å². The SMILES string of the molecule is CC(C)CN1C(=O)[C@@H](CC(=O)O)O[C@H](c2ccccc2O)c2cc(Cl)ccc21. The molecule has 1 aliphatic heterocycles. The zero-order valence-electron chi connectivity index (χ0n) is 15.6. The van der Waals surface area contributed by atoms with Crippen LogP contribution in [-0.2, 0) is 14.3 Å². The fourth-order valence-corrected chi connectivity index (χ4v) is 3.55. The van der Waals surface area contributed by atoms with Crippen molar-refractivity contribution in [2.45, 2.75) is 32.5 Å². The lowest BCUT2D eigenvalue weighted by Gasteiger charge is -2.26. The van der Waals surface area contributed by atoms with Crippen molar-refractivity contribution in [3.8, 4) is 5.75 Å². The molecule has 2 atom stereocenters. The highest BCUT2D eigenvalue weighted by molar-refractivity contribution is 6.30. The summed E-state index contributed by atoms with van der Waals surface area (Å²) in [6.45, 7) is 4.35. The summed E-state index contributed by atoms with van der Waals surface area (Å²) in [5.41, 5.74) is 1.65. The molecule has 3 rings (SSSR count). The number of benzene rings is 2. The van der Waals surface area contributed by atoms with Gasteiger partial charge in [0.05, 0.1) is 6.42 Å². The molecule has 0 spiro atoms. The highest BCUT2D eigenvalue weighted by atomic mass is 35.5. The van der Waals surface area contributed by atoms with Crippen LogP contribution in [0.2, 0.25) is 5.02 Å². The van der Waals surface area contributed by atoms with Crippen LogP contribution in [0.15, 0.2) is 42.5 Å². The minimum absolute atomic E-state index is 0.00254. The maximum Gasteiger partial charge on any atom is 0.306 e. The van der Waals surface area contributed by atoms with Crippen LogP contribution in [0.4, 0.5) is 5.69 Å². The number of carboxylic acids is 1. The van der Waals surface area contributed by atoms with Crippen molar-refractivity contribution in [1.82, 2.24) is 0 Å². The van der Waals surface area contributed by atoms with Gasteiger partial charge < -0.3 is 19.8 Å². The van der Waals surface area contributed by atoms with Crippen LogP contribution in [0.5, 0.6) is 5.75 Å². The lowest BCUT2D eigenvalue weighted by Crippen LogP contribution is -2.42. The second-order valence-electron chi connectivity index (χ2n) is 7.21. The van der Waals surface area contributed by atoms with E-state index in [0.717, 1.165) is 0 Å². The number of aromatic hydroxyl groups is 1. The summed E-state index contributed by atoms with van der Waals surface area (Å²) in [4.78, 5) is 26.1. The van der Waals surface area contributed by atoms with E-state index in [1.807, 2.05) is 13.8 Å². The number of carbonyl (C=O) groups is 2. The van der Waals surface area contributed by atoms with E-state index >= 15 is 0 Å². The number of hydrogen-bond donors (Lipinski definition) is 2. The van der Waals surface area contributed by atoms with Crippen molar-refractivity contribution in [3.05, 3.63) is 58.6 Å². The fourth-order valence-electron chi connectivity index (χ4n) is 3.37. The maximum absolute atomic E-state index is 13.2. The minimum atomic E-state index is -1.19. The Morgan fingerprint density at radius 3 is 2.57 bits per heavy atom. The molecule has 0 fully saturated rings. The van der Waals surface area contributed by atoms with Crippen molar-refractivity contribution in [2.24, 2.45) is 5.92 Å². The molecule has 6 nitrogen and oxygen atoms in total. The Morgan fingerprint density at radius 2 is 1.93 bits per heavy atom. The molecular weight excluding hydrogens is 382 g/mol. The Morgan fingerprint density at radius 1 is 1.21 bits per heavy atom. The summed E-state index contributed by atoms with van der Waals surface area (Å²) in [5, 5.41) is 20.1. The number of para-hydroxylation sites is 1. The molecule has 0 aromatic heterocycles. The molecule has 1 amide bonds. The van der Waals surface area contributed by atoms with Gasteiger partial charge in [0.25, 0.3) is 5.91 Å². The predicted molar refractivity (Wildman–Crippen MR) is 106 cm³/mol. The molecule has 2 aromatic rings. The number of anilines is 1. The van der Waals surface area contributed by atoms with Crippen LogP contribution in [-0.4, -0.2) is 34.7 Å². The van der Waals surface area contributed by atoms with E-state index < -0.39 is 30.5 Å². The van der Waals surface area contributed by atoms with E-state index in [1.165, 1.54) is 6.07 Å². The topological polar surface area (TPSA) is 87.1 Å². The number of aliphatic carboxylic acids is 1. The first-order valence-electron chi connectivity index (χ1n) is 9.04. The molecule has 0 bridgehead atoms. The molecular formula is C21H22ClNO5. The van der Waals surface area contributed by atoms with Gasteiger partial charge in [0.1, 0.15) is 18.0 Å². The Labute approximate surface area is 168 Å². The normalized spacial score (nSPS) is 19.4. The average molecular weight is 404 g/mol. The number of fused-ring (bicyclic) bond motifs is 1. The standard InChI is InChI=1S/C21H22ClNO5/c1-12(2)11-23-16-8-7-13(22)9-15(16)20(14-5-3-4-6-17(14)24)28-18(21(23)27)10-19(25)26/h3-9,12,18,20,24H,10-11H2,1-2H3,(H,25,26)/t18-,20-/m1/s1. The van der Waals surface area contributed by atoms with Crippen molar-refractivity contribution in [2.75, 3.05) is 11.4 Å². The Kier molecular flexibility index (Phi) is 5.91. The zero-order valence-corrected chi connectivity index (χ0v) is 16.4. The zero-order chi connectivity index (χ0) is 20.4. The number of carboxylic acid groups (broad SMARTS) is 1. The lowest BCUT2D eigenvalue weighted by molar-refractivity contribution is -0.147. The molecule has 2 N–H and O–H groups in total. The molecule has 0 saturated carbocycles. The van der Waals surface area contributed by atoms with Crippen LogP contribution < -0.4 is 4.90 Å². The van der Waals surface area contributed by atoms with E-state index in [1.54, 1.807) is 41.3 Å². The molecule has 28 heavy (non-hydrogen) atoms. The first kappa shape index (κ1) is 20.2. The van der Waals surface area contributed by atoms with Gasteiger partial charge in [-0.15, -0.1) is 0 Å². The van der Waals surface area contributed by atoms with Crippen molar-refractivity contribution >= 4 is 29.2 Å². The molecule has 2 aromatic carbocycles. The summed E-state index contributed by atoms with van der Waals surface area (Å²) in [7, 11) is 0. The summed E-state index contributed by atoms with van der Waals surface area (Å²) in [6.07, 6.45) is -2.49. The van der Waals surface area contributed by atoms with E-state index in [4.69, 9.17) is 16.3 Å². The van der Waals surface area contributed by atoms with Gasteiger partial charge in [-0.05, 0) is 30.2 Å². The van der Waals surface area contributed by atoms with E-state index in [9.17, 15) is 19.8 Å². The lowest BCUT2D eigenvalue weighted by atomic mass is 9.98. The third-order valence-electron chi connectivity index (χ3n) is 4.53. The van der Waals surface area contributed by atoms with Crippen LogP contribution in [0.25, 0.3) is 0 Å². The summed E-state index contributed by atoms with van der Waals surface area (Å²) in [6, 6.07) is 11.7. The smallest absolute Gasteiger partial charge is 0.306 e. The maximum atomic E-state index is 13.2. The number of nitrogens with zero attached hydrogens (tertiary/aromatic N) is 1. The van der Waals surface area contributed by atoms with Crippen molar-refractivity contribution in [1.29, 1.82) is 0 Å². The first-order chi connectivity index (χ1) is 13.3. The average Bonchev–Trinajstić information content (AvgIpc) is 2.72. The summed E-state index contributed by atoms with van der Waals surface area (Å²) < 4.78 is 6.00. The summed E-state index contributed by atoms with van der Waals surface area (Å²) >= 11 is 6.22. The van der Waals surface area contributed by atoms with Gasteiger partial charge in [-0.3, -0.25) is 9.59 Å². The van der Waals surface area contributed by atoms with Gasteiger partial charge in [0.15, 0.2) is 0 Å². The third-order valence-corrected chi connectivity index (χ3v) is 4.77. The number of phenolic OH excluding ortho intramolecular Hbond substituents is 1. The van der Waals surface area contributed by atoms with Gasteiger partial charge in [-0.2, -0.15) is 0 Å². The van der Waals surface area contributed by atoms with Crippen LogP contribution in [0, 0.1) is 5.92 Å².